The Hall–Kier alpha value is -4.79. The Morgan fingerprint density at radius 1 is 0.857 bits per heavy atom. The molecule has 5 atom stereocenters. The third-order valence-corrected chi connectivity index (χ3v) is 8.75. The highest BCUT2D eigenvalue weighted by molar-refractivity contribution is 7.09. The topological polar surface area (TPSA) is 183 Å². The number of thiazole rings is 1. The Morgan fingerprint density at radius 3 is 2.12 bits per heavy atom. The van der Waals surface area contributed by atoms with Gasteiger partial charge in [-0.3, -0.25) is 9.59 Å². The van der Waals surface area contributed by atoms with E-state index >= 15 is 0 Å². The van der Waals surface area contributed by atoms with Crippen LogP contribution < -0.4 is 16.0 Å². The number of hydrogen-bond acceptors (Lipinski definition) is 12. The summed E-state index contributed by atoms with van der Waals surface area (Å²) in [5.74, 6) is -1.38. The summed E-state index contributed by atoms with van der Waals surface area (Å²) in [4.78, 5) is 64.6. The van der Waals surface area contributed by atoms with Crippen LogP contribution >= 0.6 is 11.3 Å². The van der Waals surface area contributed by atoms with Crippen molar-refractivity contribution in [3.8, 4) is 0 Å². The van der Waals surface area contributed by atoms with Gasteiger partial charge in [-0.15, -0.1) is 11.3 Å². The van der Waals surface area contributed by atoms with E-state index in [0.717, 1.165) is 5.56 Å². The first-order valence-corrected chi connectivity index (χ1v) is 17.0. The van der Waals surface area contributed by atoms with E-state index in [4.69, 9.17) is 18.6 Å². The maximum atomic E-state index is 13.3. The number of carbonyl (C=O) groups is 4. The lowest BCUT2D eigenvalue weighted by molar-refractivity contribution is -0.143. The van der Waals surface area contributed by atoms with Crippen LogP contribution in [0.15, 0.2) is 51.4 Å². The molecule has 3 N–H and O–H groups in total. The van der Waals surface area contributed by atoms with Crippen molar-refractivity contribution in [2.75, 3.05) is 7.11 Å². The molecule has 15 heteroatoms. The van der Waals surface area contributed by atoms with Gasteiger partial charge in [-0.2, -0.15) is 0 Å². The van der Waals surface area contributed by atoms with Crippen LogP contribution in [-0.2, 0) is 25.6 Å². The van der Waals surface area contributed by atoms with Crippen molar-refractivity contribution in [3.05, 3.63) is 69.8 Å². The number of ether oxygens (including phenoxy) is 3. The Bertz CT molecular complexity index is 1640. The Kier molecular flexibility index (Phi) is 12.5. The molecule has 1 aliphatic heterocycles. The second-order valence-electron chi connectivity index (χ2n) is 12.7. The van der Waals surface area contributed by atoms with Gasteiger partial charge in [0.15, 0.2) is 11.7 Å². The van der Waals surface area contributed by atoms with Gasteiger partial charge in [-0.05, 0) is 30.2 Å². The van der Waals surface area contributed by atoms with Crippen LogP contribution in [0.3, 0.4) is 0 Å². The van der Waals surface area contributed by atoms with Gasteiger partial charge in [0.2, 0.25) is 11.8 Å². The fraction of sp³-hybridized carbons (Fsp3) is 0.500. The highest BCUT2D eigenvalue weighted by atomic mass is 32.1. The number of aromatic nitrogens is 2. The van der Waals surface area contributed by atoms with Crippen molar-refractivity contribution in [1.82, 2.24) is 25.9 Å². The molecule has 3 aromatic rings. The zero-order valence-corrected chi connectivity index (χ0v) is 29.7. The predicted molar refractivity (Wildman–Crippen MR) is 181 cm³/mol. The van der Waals surface area contributed by atoms with Gasteiger partial charge in [0, 0.05) is 5.38 Å². The van der Waals surface area contributed by atoms with Crippen molar-refractivity contribution in [2.45, 2.75) is 85.3 Å². The molecule has 0 saturated carbocycles. The van der Waals surface area contributed by atoms with E-state index in [1.807, 2.05) is 71.9 Å². The number of hydrogen-bond donors (Lipinski definition) is 3. The molecule has 264 valence electrons. The number of esters is 1. The van der Waals surface area contributed by atoms with E-state index in [1.54, 1.807) is 12.3 Å². The number of nitrogens with one attached hydrogen (secondary N) is 3. The highest BCUT2D eigenvalue weighted by Crippen LogP contribution is 2.27. The maximum Gasteiger partial charge on any atom is 0.408 e. The molecule has 0 bridgehead atoms. The number of amides is 3. The van der Waals surface area contributed by atoms with Crippen molar-refractivity contribution in [2.24, 2.45) is 22.7 Å². The number of methoxy groups -OCH3 is 1. The standard InChI is InChI=1S/C34H44N6O8S/c1-17(2)24(40-34(44)47-14-21-12-10-9-11-13-21)30-35-22(15-46-30)28(41)38-26(19(5)6)32-36-23(16-49-32)29(42)37-25(18(3)4)31-39-27(20(7)48-31)33(43)45-8/h9-13,15-20,24-27H,14H2,1-8H3,(H,37,42)(H,38,41)(H,40,44)/t20-,24+,25+,26+,27?/m1/s1. The molecule has 49 heavy (non-hydrogen) atoms. The predicted octanol–water partition coefficient (Wildman–Crippen LogP) is 4.99. The van der Waals surface area contributed by atoms with Crippen LogP contribution in [0.25, 0.3) is 0 Å². The summed E-state index contributed by atoms with van der Waals surface area (Å²) >= 11 is 1.24. The Morgan fingerprint density at radius 2 is 1.49 bits per heavy atom. The Balaban J connectivity index is 1.41. The molecule has 1 aliphatic rings. The van der Waals surface area contributed by atoms with Gasteiger partial charge in [-0.1, -0.05) is 71.9 Å². The van der Waals surface area contributed by atoms with E-state index in [2.05, 4.69) is 30.9 Å². The Labute approximate surface area is 289 Å². The minimum Gasteiger partial charge on any atom is -0.474 e. The molecule has 3 heterocycles. The number of rotatable bonds is 14. The van der Waals surface area contributed by atoms with E-state index < -0.39 is 54.1 Å². The third-order valence-electron chi connectivity index (χ3n) is 7.83. The van der Waals surface area contributed by atoms with Crippen molar-refractivity contribution >= 4 is 41.1 Å². The zero-order valence-electron chi connectivity index (χ0n) is 28.9. The average Bonchev–Trinajstić information content (AvgIpc) is 3.84. The summed E-state index contributed by atoms with van der Waals surface area (Å²) in [6, 6.07) is 6.70. The highest BCUT2D eigenvalue weighted by Gasteiger charge is 2.39. The number of alkyl carbamates (subject to hydrolysis) is 1. The lowest BCUT2D eigenvalue weighted by atomic mass is 10.0. The second kappa shape index (κ2) is 16.5. The van der Waals surface area contributed by atoms with Gasteiger partial charge >= 0.3 is 12.1 Å². The SMILES string of the molecule is COC(=O)C1N=C([C@@H](NC(=O)c2csc([C@@H](NC(=O)c3coc([C@@H](NC(=O)OCc4ccccc4)C(C)C)n3)C(C)C)n2)C(C)C)O[C@@H]1C. The summed E-state index contributed by atoms with van der Waals surface area (Å²) in [6.45, 7) is 13.2. The van der Waals surface area contributed by atoms with Crippen molar-refractivity contribution in [1.29, 1.82) is 0 Å². The van der Waals surface area contributed by atoms with Crippen LogP contribution in [0.1, 0.15) is 98.0 Å². The molecule has 1 unspecified atom stereocenters. The smallest absolute Gasteiger partial charge is 0.408 e. The summed E-state index contributed by atoms with van der Waals surface area (Å²) in [7, 11) is 1.29. The average molecular weight is 697 g/mol. The monoisotopic (exact) mass is 696 g/mol. The first kappa shape index (κ1) is 37.0. The van der Waals surface area contributed by atoms with Crippen molar-refractivity contribution in [3.63, 3.8) is 0 Å². The van der Waals surface area contributed by atoms with Crippen LogP contribution in [0.5, 0.6) is 0 Å². The van der Waals surface area contributed by atoms with Gasteiger partial charge in [-0.25, -0.2) is 24.5 Å². The number of oxazole rings is 1. The normalized spacial score (nSPS) is 17.6. The summed E-state index contributed by atoms with van der Waals surface area (Å²) in [5, 5.41) is 10.8. The van der Waals surface area contributed by atoms with Crippen LogP contribution in [-0.4, -0.2) is 65.0 Å². The van der Waals surface area contributed by atoms with E-state index in [-0.39, 0.29) is 47.5 Å². The molecule has 0 radical (unpaired) electrons. The molecular formula is C34H44N6O8S. The summed E-state index contributed by atoms with van der Waals surface area (Å²) in [6.07, 6.45) is 0.0657. The molecule has 14 nitrogen and oxygen atoms in total. The van der Waals surface area contributed by atoms with E-state index in [0.29, 0.717) is 5.01 Å². The molecule has 0 aliphatic carbocycles. The number of nitrogens with zero attached hydrogens (tertiary/aromatic N) is 3. The number of aliphatic imine (C=N–C) groups is 1. The van der Waals surface area contributed by atoms with E-state index in [9.17, 15) is 19.2 Å². The zero-order chi connectivity index (χ0) is 35.8. The lowest BCUT2D eigenvalue weighted by Crippen LogP contribution is -2.45. The van der Waals surface area contributed by atoms with Crippen LogP contribution in [0.4, 0.5) is 4.79 Å². The lowest BCUT2D eigenvalue weighted by Gasteiger charge is -2.22. The first-order chi connectivity index (χ1) is 23.3. The minimum atomic E-state index is -0.811. The summed E-state index contributed by atoms with van der Waals surface area (Å²) < 4.78 is 21.6. The number of carbonyl (C=O) groups excluding carboxylic acids is 4. The minimum absolute atomic E-state index is 0.0249. The molecule has 4 rings (SSSR count). The molecule has 2 aromatic heterocycles. The fourth-order valence-electron chi connectivity index (χ4n) is 4.98. The quantitative estimate of drug-likeness (QED) is 0.194. The molecule has 0 fully saturated rings. The molecule has 1 aromatic carbocycles. The van der Waals surface area contributed by atoms with Gasteiger partial charge in [0.05, 0.1) is 13.2 Å². The molecule has 0 saturated heterocycles. The largest absolute Gasteiger partial charge is 0.474 e. The second-order valence-corrected chi connectivity index (χ2v) is 13.6. The first-order valence-electron chi connectivity index (χ1n) is 16.1. The maximum absolute atomic E-state index is 13.3. The van der Waals surface area contributed by atoms with Gasteiger partial charge in [0.25, 0.3) is 11.8 Å². The fourth-order valence-corrected chi connectivity index (χ4v) is 6.00. The third kappa shape index (κ3) is 9.43. The molecule has 3 amide bonds. The van der Waals surface area contributed by atoms with Crippen LogP contribution in [0.2, 0.25) is 0 Å². The van der Waals surface area contributed by atoms with Crippen LogP contribution in [0, 0.1) is 17.8 Å². The van der Waals surface area contributed by atoms with Gasteiger partial charge < -0.3 is 34.6 Å². The molecular weight excluding hydrogens is 652 g/mol. The molecule has 0 spiro atoms. The van der Waals surface area contributed by atoms with Gasteiger partial charge in [0.1, 0.15) is 41.8 Å². The van der Waals surface area contributed by atoms with E-state index in [1.165, 1.54) is 24.7 Å². The van der Waals surface area contributed by atoms with Crippen molar-refractivity contribution < 1.29 is 37.8 Å². The summed E-state index contributed by atoms with van der Waals surface area (Å²) in [5.41, 5.74) is 1.03. The number of benzene rings is 1.